The SMILES string of the molecule is O=P(O)(O)c1cn2cc(CCC(O)P(=O)(O)O)c(Br)cc2n1. The highest BCUT2D eigenvalue weighted by atomic mass is 79.9. The van der Waals surface area contributed by atoms with Gasteiger partial charge in [0.15, 0.2) is 11.3 Å². The maximum absolute atomic E-state index is 11.2. The number of aliphatic hydroxyl groups is 1. The zero-order valence-corrected chi connectivity index (χ0v) is 14.3. The molecule has 2 heterocycles. The zero-order valence-electron chi connectivity index (χ0n) is 10.9. The summed E-state index contributed by atoms with van der Waals surface area (Å²) in [7, 11) is -9.02. The fourth-order valence-electron chi connectivity index (χ4n) is 1.82. The Bertz CT molecular complexity index is 796. The topological polar surface area (TPSA) is 153 Å². The second-order valence-corrected chi connectivity index (χ2v) is 8.84. The molecule has 0 aliphatic rings. The van der Waals surface area contributed by atoms with Gasteiger partial charge in [0.2, 0.25) is 0 Å². The lowest BCUT2D eigenvalue weighted by atomic mass is 10.1. The van der Waals surface area contributed by atoms with Gasteiger partial charge < -0.3 is 29.1 Å². The largest absolute Gasteiger partial charge is 0.380 e. The summed E-state index contributed by atoms with van der Waals surface area (Å²) in [6, 6.07) is 1.53. The third-order valence-electron chi connectivity index (χ3n) is 2.96. The fourth-order valence-corrected chi connectivity index (χ4v) is 3.30. The summed E-state index contributed by atoms with van der Waals surface area (Å²) in [5.41, 5.74) is 0.547. The summed E-state index contributed by atoms with van der Waals surface area (Å²) in [5.74, 6) is -1.76. The van der Waals surface area contributed by atoms with Crippen LogP contribution in [0, 0.1) is 0 Å². The molecule has 5 N–H and O–H groups in total. The average Bonchev–Trinajstić information content (AvgIpc) is 2.76. The van der Waals surface area contributed by atoms with Gasteiger partial charge in [-0.15, -0.1) is 0 Å². The van der Waals surface area contributed by atoms with Gasteiger partial charge >= 0.3 is 15.2 Å². The number of aromatic nitrogens is 2. The smallest absolute Gasteiger partial charge is 0.376 e. The second-order valence-electron chi connectivity index (χ2n) is 4.66. The number of halogens is 1. The maximum atomic E-state index is 11.2. The Morgan fingerprint density at radius 1 is 1.23 bits per heavy atom. The highest BCUT2D eigenvalue weighted by Gasteiger charge is 2.26. The quantitative estimate of drug-likeness (QED) is 0.438. The Kier molecular flexibility index (Phi) is 4.97. The first-order valence-corrected chi connectivity index (χ1v) is 10.0. The van der Waals surface area contributed by atoms with Crippen molar-refractivity contribution in [1.29, 1.82) is 0 Å². The van der Waals surface area contributed by atoms with E-state index < -0.39 is 21.0 Å². The monoisotopic (exact) mass is 414 g/mol. The minimum Gasteiger partial charge on any atom is -0.380 e. The number of imidazole rings is 1. The van der Waals surface area contributed by atoms with Crippen LogP contribution in [0.5, 0.6) is 0 Å². The summed E-state index contributed by atoms with van der Waals surface area (Å²) in [6.07, 6.45) is 2.71. The number of rotatable bonds is 5. The first kappa shape index (κ1) is 17.8. The minimum atomic E-state index is -4.56. The van der Waals surface area contributed by atoms with Crippen molar-refractivity contribution in [1.82, 2.24) is 9.38 Å². The van der Waals surface area contributed by atoms with Crippen LogP contribution in [0.25, 0.3) is 5.65 Å². The third kappa shape index (κ3) is 4.04. The number of hydrogen-bond acceptors (Lipinski definition) is 4. The molecule has 1 unspecified atom stereocenters. The molecule has 22 heavy (non-hydrogen) atoms. The molecular weight excluding hydrogens is 402 g/mol. The van der Waals surface area contributed by atoms with Crippen molar-refractivity contribution < 1.29 is 33.8 Å². The van der Waals surface area contributed by atoms with Crippen molar-refractivity contribution in [3.63, 3.8) is 0 Å². The number of aryl methyl sites for hydroxylation is 1. The van der Waals surface area contributed by atoms with E-state index in [1.165, 1.54) is 22.9 Å². The van der Waals surface area contributed by atoms with Crippen LogP contribution in [-0.2, 0) is 15.6 Å². The van der Waals surface area contributed by atoms with E-state index in [9.17, 15) is 14.2 Å². The van der Waals surface area contributed by atoms with Gasteiger partial charge in [-0.3, -0.25) is 9.13 Å². The molecule has 9 nitrogen and oxygen atoms in total. The van der Waals surface area contributed by atoms with Gasteiger partial charge in [0.1, 0.15) is 5.65 Å². The molecule has 0 aliphatic carbocycles. The summed E-state index contributed by atoms with van der Waals surface area (Å²) < 4.78 is 24.0. The minimum absolute atomic E-state index is 0.158. The lowest BCUT2D eigenvalue weighted by Gasteiger charge is -2.12. The molecule has 0 amide bonds. The lowest BCUT2D eigenvalue weighted by molar-refractivity contribution is 0.194. The average molecular weight is 415 g/mol. The third-order valence-corrected chi connectivity index (χ3v) is 5.55. The fraction of sp³-hybridized carbons (Fsp3) is 0.300. The van der Waals surface area contributed by atoms with E-state index in [0.717, 1.165) is 0 Å². The van der Waals surface area contributed by atoms with Crippen molar-refractivity contribution in [2.75, 3.05) is 0 Å². The Morgan fingerprint density at radius 2 is 1.86 bits per heavy atom. The van der Waals surface area contributed by atoms with Crippen LogP contribution in [0.3, 0.4) is 0 Å². The van der Waals surface area contributed by atoms with E-state index in [1.54, 1.807) is 0 Å². The highest BCUT2D eigenvalue weighted by molar-refractivity contribution is 9.10. The predicted octanol–water partition coefficient (Wildman–Crippen LogP) is 0.328. The molecular formula is C10H13BrN2O7P2. The molecule has 0 saturated carbocycles. The molecule has 1 atom stereocenters. The van der Waals surface area contributed by atoms with Gasteiger partial charge in [0.05, 0.1) is 0 Å². The predicted molar refractivity (Wildman–Crippen MR) is 80.9 cm³/mol. The first-order chi connectivity index (χ1) is 9.98. The molecule has 0 bridgehead atoms. The van der Waals surface area contributed by atoms with E-state index in [4.69, 9.17) is 19.6 Å². The van der Waals surface area contributed by atoms with Crippen LogP contribution in [0.1, 0.15) is 12.0 Å². The molecule has 2 aromatic heterocycles. The van der Waals surface area contributed by atoms with Crippen molar-refractivity contribution in [2.45, 2.75) is 18.7 Å². The van der Waals surface area contributed by atoms with Gasteiger partial charge in [-0.1, -0.05) is 15.9 Å². The molecule has 0 radical (unpaired) electrons. The van der Waals surface area contributed by atoms with Crippen molar-refractivity contribution in [2.24, 2.45) is 0 Å². The zero-order chi connectivity index (χ0) is 16.7. The van der Waals surface area contributed by atoms with Gasteiger partial charge in [-0.05, 0) is 24.5 Å². The summed E-state index contributed by atoms with van der Waals surface area (Å²) in [6.45, 7) is 0. The number of pyridine rings is 1. The normalized spacial score (nSPS) is 14.5. The Morgan fingerprint density at radius 3 is 2.41 bits per heavy atom. The Labute approximate surface area is 133 Å². The molecule has 0 saturated heterocycles. The van der Waals surface area contributed by atoms with Crippen LogP contribution < -0.4 is 5.44 Å². The standard InChI is InChI=1S/C10H13BrN2O7P2/c11-7-3-8-12-9(21(15,16)17)5-13(8)4-6(7)1-2-10(14)22(18,19)20/h3-5,10,14H,1-2H2,(H2,15,16,17)(H2,18,19,20). The van der Waals surface area contributed by atoms with Crippen molar-refractivity contribution in [3.8, 4) is 0 Å². The second kappa shape index (κ2) is 6.14. The van der Waals surface area contributed by atoms with E-state index in [1.807, 2.05) is 0 Å². The molecule has 0 aliphatic heterocycles. The van der Waals surface area contributed by atoms with E-state index in [0.29, 0.717) is 15.7 Å². The molecule has 122 valence electrons. The number of hydrogen-bond donors (Lipinski definition) is 5. The summed E-state index contributed by atoms with van der Waals surface area (Å²) in [4.78, 5) is 39.7. The van der Waals surface area contributed by atoms with E-state index in [2.05, 4.69) is 20.9 Å². The number of nitrogens with zero attached hydrogens (tertiary/aromatic N) is 2. The maximum Gasteiger partial charge on any atom is 0.376 e. The van der Waals surface area contributed by atoms with Gasteiger partial charge in [0, 0.05) is 16.9 Å². The van der Waals surface area contributed by atoms with Crippen molar-refractivity contribution in [3.05, 3.63) is 28.5 Å². The van der Waals surface area contributed by atoms with Crippen LogP contribution in [0.4, 0.5) is 0 Å². The summed E-state index contributed by atoms with van der Waals surface area (Å²) in [5, 5.41) is 9.36. The number of fused-ring (bicyclic) bond motifs is 1. The molecule has 12 heteroatoms. The molecule has 0 fully saturated rings. The van der Waals surface area contributed by atoms with Crippen molar-refractivity contribution >= 4 is 42.2 Å². The van der Waals surface area contributed by atoms with Crippen LogP contribution in [0.15, 0.2) is 22.9 Å². The Hall–Kier alpha value is -0.570. The highest BCUT2D eigenvalue weighted by Crippen LogP contribution is 2.41. The van der Waals surface area contributed by atoms with Gasteiger partial charge in [0.25, 0.3) is 0 Å². The molecule has 2 aromatic rings. The van der Waals surface area contributed by atoms with Crippen LogP contribution in [-0.4, -0.2) is 39.9 Å². The summed E-state index contributed by atoms with van der Waals surface area (Å²) >= 11 is 3.25. The van der Waals surface area contributed by atoms with Crippen LogP contribution >= 0.6 is 31.1 Å². The lowest BCUT2D eigenvalue weighted by Crippen LogP contribution is -2.08. The van der Waals surface area contributed by atoms with E-state index in [-0.39, 0.29) is 18.3 Å². The van der Waals surface area contributed by atoms with Gasteiger partial charge in [-0.2, -0.15) is 0 Å². The first-order valence-electron chi connectivity index (χ1n) is 5.95. The molecule has 0 aromatic carbocycles. The molecule has 2 rings (SSSR count). The molecule has 0 spiro atoms. The number of aliphatic hydroxyl groups excluding tert-OH is 1. The van der Waals surface area contributed by atoms with Crippen LogP contribution in [0.2, 0.25) is 0 Å². The Balaban J connectivity index is 2.30. The van der Waals surface area contributed by atoms with E-state index >= 15 is 0 Å². The van der Waals surface area contributed by atoms with Gasteiger partial charge in [-0.25, -0.2) is 4.98 Å².